The second kappa shape index (κ2) is 10.3. The summed E-state index contributed by atoms with van der Waals surface area (Å²) in [4.78, 5) is 5.34. The van der Waals surface area contributed by atoms with Gasteiger partial charge in [0.15, 0.2) is 0 Å². The summed E-state index contributed by atoms with van der Waals surface area (Å²) in [7, 11) is 1.57. The van der Waals surface area contributed by atoms with E-state index in [0.29, 0.717) is 12.3 Å². The van der Waals surface area contributed by atoms with Crippen molar-refractivity contribution in [3.63, 3.8) is 0 Å². The second-order valence-electron chi connectivity index (χ2n) is 11.0. The average Bonchev–Trinajstić information content (AvgIpc) is 3.61. The zero-order valence-electron chi connectivity index (χ0n) is 22.9. The molecular formula is C28H32F6N6. The van der Waals surface area contributed by atoms with E-state index in [2.05, 4.69) is 40.2 Å². The lowest BCUT2D eigenvalue weighted by Crippen LogP contribution is -2.31. The van der Waals surface area contributed by atoms with Crippen LogP contribution in [-0.2, 0) is 25.9 Å². The molecule has 216 valence electrons. The summed E-state index contributed by atoms with van der Waals surface area (Å²) in [5.41, 5.74) is 2.62. The van der Waals surface area contributed by atoms with Crippen LogP contribution in [0, 0.1) is 26.7 Å². The molecule has 0 spiro atoms. The predicted molar refractivity (Wildman–Crippen MR) is 139 cm³/mol. The number of hydrogen-bond acceptors (Lipinski definition) is 5. The maximum atomic E-state index is 13.7. The van der Waals surface area contributed by atoms with E-state index in [1.54, 1.807) is 11.9 Å². The van der Waals surface area contributed by atoms with Crippen LogP contribution in [0.2, 0.25) is 0 Å². The maximum absolute atomic E-state index is 13.7. The highest BCUT2D eigenvalue weighted by Crippen LogP contribution is 2.44. The monoisotopic (exact) mass is 566 g/mol. The minimum absolute atomic E-state index is 0.129. The molecular weight excluding hydrogens is 534 g/mol. The van der Waals surface area contributed by atoms with Crippen LogP contribution in [0.4, 0.5) is 38.0 Å². The number of nitrogens with zero attached hydrogens (tertiary/aromatic N) is 6. The number of fused-ring (bicyclic) bond motifs is 1. The van der Waals surface area contributed by atoms with E-state index in [1.807, 2.05) is 6.92 Å². The van der Waals surface area contributed by atoms with Crippen molar-refractivity contribution in [3.05, 3.63) is 63.2 Å². The molecule has 2 aromatic carbocycles. The Balaban J connectivity index is 1.64. The molecule has 0 radical (unpaired) electrons. The van der Waals surface area contributed by atoms with Gasteiger partial charge in [-0.25, -0.2) is 0 Å². The quantitative estimate of drug-likeness (QED) is 0.303. The molecule has 1 aliphatic heterocycles. The van der Waals surface area contributed by atoms with E-state index in [-0.39, 0.29) is 30.2 Å². The van der Waals surface area contributed by atoms with Gasteiger partial charge in [0, 0.05) is 25.3 Å². The maximum Gasteiger partial charge on any atom is 0.416 e. The van der Waals surface area contributed by atoms with Crippen molar-refractivity contribution in [1.82, 2.24) is 20.2 Å². The van der Waals surface area contributed by atoms with Gasteiger partial charge in [-0.05, 0) is 104 Å². The zero-order chi connectivity index (χ0) is 29.0. The van der Waals surface area contributed by atoms with Gasteiger partial charge in [0.25, 0.3) is 5.95 Å². The number of hydrogen-bond donors (Lipinski definition) is 0. The molecule has 1 aromatic heterocycles. The molecule has 1 fully saturated rings. The van der Waals surface area contributed by atoms with Crippen molar-refractivity contribution in [2.75, 3.05) is 22.9 Å². The molecule has 1 saturated carbocycles. The molecule has 2 heterocycles. The number of benzene rings is 2. The van der Waals surface area contributed by atoms with Gasteiger partial charge in [-0.15, -0.1) is 5.10 Å². The second-order valence-corrected chi connectivity index (χ2v) is 11.0. The first-order chi connectivity index (χ1) is 18.7. The average molecular weight is 567 g/mol. The third kappa shape index (κ3) is 5.76. The Bertz CT molecular complexity index is 1360. The Morgan fingerprint density at radius 3 is 2.10 bits per heavy atom. The molecule has 12 heteroatoms. The first-order valence-electron chi connectivity index (χ1n) is 13.4. The fraction of sp³-hybridized carbons (Fsp3) is 0.536. The highest BCUT2D eigenvalue weighted by Gasteiger charge is 2.38. The summed E-state index contributed by atoms with van der Waals surface area (Å²) in [5, 5.41) is 12.4. The number of alkyl halides is 6. The zero-order valence-corrected chi connectivity index (χ0v) is 22.9. The third-order valence-corrected chi connectivity index (χ3v) is 8.04. The molecule has 0 N–H and O–H groups in total. The molecule has 5 rings (SSSR count). The first kappa shape index (κ1) is 28.2. The molecule has 2 aliphatic rings. The van der Waals surface area contributed by atoms with Crippen LogP contribution < -0.4 is 9.80 Å². The summed E-state index contributed by atoms with van der Waals surface area (Å²) >= 11 is 0. The SMILES string of the molecule is Cc1cc2c(c(C)c1C)N(CC1CC1)CCC[C@@H]2N(Cc1cc(C(F)(F)F)cc(C(F)(F)F)c1)c1nnn(C)n1. The van der Waals surface area contributed by atoms with Crippen LogP contribution in [0.15, 0.2) is 24.3 Å². The summed E-state index contributed by atoms with van der Waals surface area (Å²) in [6, 6.07) is 3.43. The van der Waals surface area contributed by atoms with Gasteiger partial charge < -0.3 is 9.80 Å². The van der Waals surface area contributed by atoms with Crippen molar-refractivity contribution < 1.29 is 26.3 Å². The van der Waals surface area contributed by atoms with Crippen molar-refractivity contribution in [3.8, 4) is 0 Å². The molecule has 0 unspecified atom stereocenters. The number of halogens is 6. The summed E-state index contributed by atoms with van der Waals surface area (Å²) in [6.07, 6.45) is -6.08. The van der Waals surface area contributed by atoms with Gasteiger partial charge in [-0.2, -0.15) is 31.1 Å². The number of aryl methyl sites for hydroxylation is 2. The Labute approximate surface area is 229 Å². The minimum atomic E-state index is -4.93. The lowest BCUT2D eigenvalue weighted by molar-refractivity contribution is -0.143. The van der Waals surface area contributed by atoms with Crippen molar-refractivity contribution >= 4 is 11.6 Å². The highest BCUT2D eigenvalue weighted by atomic mass is 19.4. The normalized spacial score (nSPS) is 18.1. The number of rotatable bonds is 6. The first-order valence-corrected chi connectivity index (χ1v) is 13.4. The van der Waals surface area contributed by atoms with Gasteiger partial charge in [0.05, 0.1) is 24.2 Å². The fourth-order valence-electron chi connectivity index (χ4n) is 5.65. The van der Waals surface area contributed by atoms with Gasteiger partial charge >= 0.3 is 12.4 Å². The largest absolute Gasteiger partial charge is 0.416 e. The smallest absolute Gasteiger partial charge is 0.371 e. The molecule has 0 amide bonds. The van der Waals surface area contributed by atoms with Crippen molar-refractivity contribution in [2.24, 2.45) is 13.0 Å². The molecule has 40 heavy (non-hydrogen) atoms. The van der Waals surface area contributed by atoms with E-state index in [9.17, 15) is 26.3 Å². The van der Waals surface area contributed by atoms with Crippen LogP contribution >= 0.6 is 0 Å². The van der Waals surface area contributed by atoms with Gasteiger partial charge in [-0.3, -0.25) is 0 Å². The van der Waals surface area contributed by atoms with Crippen molar-refractivity contribution in [1.29, 1.82) is 0 Å². The van der Waals surface area contributed by atoms with Crippen LogP contribution in [0.3, 0.4) is 0 Å². The lowest BCUT2D eigenvalue weighted by Gasteiger charge is -2.34. The molecule has 3 aromatic rings. The van der Waals surface area contributed by atoms with E-state index in [0.717, 1.165) is 59.6 Å². The summed E-state index contributed by atoms with van der Waals surface area (Å²) in [6.45, 7) is 7.66. The Hall–Kier alpha value is -3.31. The molecule has 6 nitrogen and oxygen atoms in total. The molecule has 1 atom stereocenters. The van der Waals surface area contributed by atoms with Crippen LogP contribution in [-0.4, -0.2) is 33.3 Å². The van der Waals surface area contributed by atoms with Crippen LogP contribution in [0.5, 0.6) is 0 Å². The van der Waals surface area contributed by atoms with E-state index >= 15 is 0 Å². The highest BCUT2D eigenvalue weighted by molar-refractivity contribution is 5.66. The van der Waals surface area contributed by atoms with E-state index in [4.69, 9.17) is 0 Å². The van der Waals surface area contributed by atoms with Crippen LogP contribution in [0.1, 0.15) is 70.7 Å². The Kier molecular flexibility index (Phi) is 7.24. The number of tetrazole rings is 1. The molecule has 1 aliphatic carbocycles. The summed E-state index contributed by atoms with van der Waals surface area (Å²) < 4.78 is 82.0. The lowest BCUT2D eigenvalue weighted by atomic mass is 9.91. The van der Waals surface area contributed by atoms with Gasteiger partial charge in [-0.1, -0.05) is 11.2 Å². The van der Waals surface area contributed by atoms with Gasteiger partial charge in [0.1, 0.15) is 0 Å². The third-order valence-electron chi connectivity index (χ3n) is 8.04. The van der Waals surface area contributed by atoms with Crippen molar-refractivity contribution in [2.45, 2.75) is 71.4 Å². The number of anilines is 2. The summed E-state index contributed by atoms with van der Waals surface area (Å²) in [5.74, 6) is 0.782. The fourth-order valence-corrected chi connectivity index (χ4v) is 5.65. The number of aromatic nitrogens is 4. The predicted octanol–water partition coefficient (Wildman–Crippen LogP) is 6.93. The van der Waals surface area contributed by atoms with Crippen LogP contribution in [0.25, 0.3) is 0 Å². The van der Waals surface area contributed by atoms with E-state index < -0.39 is 23.5 Å². The Morgan fingerprint density at radius 1 is 0.900 bits per heavy atom. The minimum Gasteiger partial charge on any atom is -0.371 e. The topological polar surface area (TPSA) is 50.1 Å². The molecule has 0 bridgehead atoms. The standard InChI is InChI=1S/C28H32F6N6/c1-16-10-23-24(6-5-9-39(14-19-7-8-19)25(23)18(3)17(16)2)40(26-35-37-38(4)36-26)15-20-11-21(27(29,30)31)13-22(12-20)28(32,33)34/h10-13,19,24H,5-9,14-15H2,1-4H3/t24-/m0/s1. The Morgan fingerprint density at radius 2 is 1.55 bits per heavy atom. The van der Waals surface area contributed by atoms with Gasteiger partial charge in [0.2, 0.25) is 0 Å². The molecule has 0 saturated heterocycles. The van der Waals surface area contributed by atoms with E-state index in [1.165, 1.54) is 17.6 Å².